The number of nitro groups is 1. The average Bonchev–Trinajstić information content (AvgIpc) is 2.84. The molecule has 0 bridgehead atoms. The lowest BCUT2D eigenvalue weighted by molar-refractivity contribution is -0.384. The summed E-state index contributed by atoms with van der Waals surface area (Å²) in [5.74, 6) is 0. The number of non-ortho nitro benzene ring substituents is 1. The van der Waals surface area contributed by atoms with Crippen molar-refractivity contribution in [3.63, 3.8) is 0 Å². The Hall–Kier alpha value is -2.15. The summed E-state index contributed by atoms with van der Waals surface area (Å²) in [5, 5.41) is 19.9. The van der Waals surface area contributed by atoms with Crippen molar-refractivity contribution >= 4 is 28.4 Å². The predicted octanol–water partition coefficient (Wildman–Crippen LogP) is 2.76. The molecule has 0 atom stereocenters. The van der Waals surface area contributed by atoms with Gasteiger partial charge in [-0.1, -0.05) is 30.4 Å². The Balaban J connectivity index is 2.17. The molecule has 0 spiro atoms. The van der Waals surface area contributed by atoms with Gasteiger partial charge in [-0.3, -0.25) is 10.1 Å². The van der Waals surface area contributed by atoms with Crippen LogP contribution in [0.5, 0.6) is 0 Å². The largest absolute Gasteiger partial charge is 0.270 e. The summed E-state index contributed by atoms with van der Waals surface area (Å²) in [7, 11) is 0. The molecule has 0 amide bonds. The van der Waals surface area contributed by atoms with Crippen molar-refractivity contribution in [2.45, 2.75) is 13.3 Å². The Kier molecular flexibility index (Phi) is 3.73. The van der Waals surface area contributed by atoms with Crippen molar-refractivity contribution in [1.29, 1.82) is 0 Å². The number of hydrogen-bond donors (Lipinski definition) is 0. The number of benzene rings is 1. The lowest BCUT2D eigenvalue weighted by Gasteiger charge is -1.92. The molecule has 2 aromatic rings. The molecule has 0 aliphatic rings. The van der Waals surface area contributed by atoms with Crippen molar-refractivity contribution in [3.8, 4) is 0 Å². The van der Waals surface area contributed by atoms with Gasteiger partial charge in [-0.25, -0.2) is 4.99 Å². The van der Waals surface area contributed by atoms with E-state index in [1.165, 1.54) is 23.5 Å². The number of rotatable bonds is 4. The molecule has 1 aromatic heterocycles. The maximum absolute atomic E-state index is 10.6. The molecule has 6 nitrogen and oxygen atoms in total. The highest BCUT2D eigenvalue weighted by molar-refractivity contribution is 7.14. The summed E-state index contributed by atoms with van der Waals surface area (Å²) >= 11 is 1.41. The van der Waals surface area contributed by atoms with Crippen LogP contribution in [0.15, 0.2) is 29.3 Å². The van der Waals surface area contributed by atoms with Gasteiger partial charge in [0.2, 0.25) is 5.13 Å². The zero-order valence-corrected chi connectivity index (χ0v) is 10.4. The third kappa shape index (κ3) is 2.95. The van der Waals surface area contributed by atoms with E-state index in [1.54, 1.807) is 18.3 Å². The third-order valence-electron chi connectivity index (χ3n) is 2.16. The molecule has 0 fully saturated rings. The summed E-state index contributed by atoms with van der Waals surface area (Å²) in [5.41, 5.74) is 0.711. The normalized spacial score (nSPS) is 10.9. The van der Waals surface area contributed by atoms with Crippen molar-refractivity contribution in [2.24, 2.45) is 4.99 Å². The molecule has 92 valence electrons. The van der Waals surface area contributed by atoms with E-state index >= 15 is 0 Å². The van der Waals surface area contributed by atoms with Crippen LogP contribution in [-0.2, 0) is 6.42 Å². The van der Waals surface area contributed by atoms with E-state index in [1.807, 2.05) is 6.92 Å². The van der Waals surface area contributed by atoms with Crippen LogP contribution < -0.4 is 0 Å². The second-order valence-corrected chi connectivity index (χ2v) is 4.48. The quantitative estimate of drug-likeness (QED) is 0.482. The van der Waals surface area contributed by atoms with Gasteiger partial charge in [-0.15, -0.1) is 10.2 Å². The molecule has 1 heterocycles. The van der Waals surface area contributed by atoms with E-state index in [4.69, 9.17) is 0 Å². The molecule has 0 N–H and O–H groups in total. The third-order valence-corrected chi connectivity index (χ3v) is 3.14. The van der Waals surface area contributed by atoms with E-state index in [-0.39, 0.29) is 5.69 Å². The lowest BCUT2D eigenvalue weighted by Crippen LogP contribution is -1.89. The molecule has 7 heteroatoms. The Morgan fingerprint density at radius 3 is 3.00 bits per heavy atom. The molecule has 0 radical (unpaired) electrons. The zero-order chi connectivity index (χ0) is 13.0. The zero-order valence-electron chi connectivity index (χ0n) is 9.61. The minimum Gasteiger partial charge on any atom is -0.258 e. The van der Waals surface area contributed by atoms with Crippen LogP contribution in [0.1, 0.15) is 17.5 Å². The van der Waals surface area contributed by atoms with Crippen LogP contribution >= 0.6 is 11.3 Å². The molecule has 0 saturated carbocycles. The van der Waals surface area contributed by atoms with Gasteiger partial charge in [0.05, 0.1) is 4.92 Å². The summed E-state index contributed by atoms with van der Waals surface area (Å²) < 4.78 is 0. The van der Waals surface area contributed by atoms with Gasteiger partial charge in [0.25, 0.3) is 5.69 Å². The maximum atomic E-state index is 10.6. The van der Waals surface area contributed by atoms with Crippen LogP contribution in [0.4, 0.5) is 10.8 Å². The molecule has 0 aliphatic carbocycles. The fourth-order valence-corrected chi connectivity index (χ4v) is 1.91. The first kappa shape index (κ1) is 12.3. The standard InChI is InChI=1S/C11H10N4O2S/c1-2-10-13-14-11(18-10)12-7-8-4-3-5-9(6-8)15(16)17/h3-7H,2H2,1H3. The first-order chi connectivity index (χ1) is 8.69. The number of nitro benzene ring substituents is 1. The molecule has 0 aliphatic heterocycles. The number of aromatic nitrogens is 2. The highest BCUT2D eigenvalue weighted by Crippen LogP contribution is 2.19. The summed E-state index contributed by atoms with van der Waals surface area (Å²) in [6.07, 6.45) is 2.37. The van der Waals surface area contributed by atoms with Crippen molar-refractivity contribution in [1.82, 2.24) is 10.2 Å². The fraction of sp³-hybridized carbons (Fsp3) is 0.182. The fourth-order valence-electron chi connectivity index (χ4n) is 1.29. The SMILES string of the molecule is CCc1nnc(N=Cc2cccc([N+](=O)[O-])c2)s1. The molecular weight excluding hydrogens is 252 g/mol. The second-order valence-electron chi connectivity index (χ2n) is 3.44. The van der Waals surface area contributed by atoms with Crippen LogP contribution in [0.25, 0.3) is 0 Å². The first-order valence-corrected chi connectivity index (χ1v) is 6.11. The average molecular weight is 262 g/mol. The van der Waals surface area contributed by atoms with Crippen LogP contribution in [0.2, 0.25) is 0 Å². The Morgan fingerprint density at radius 1 is 1.50 bits per heavy atom. The van der Waals surface area contributed by atoms with Gasteiger partial charge in [0, 0.05) is 18.3 Å². The van der Waals surface area contributed by atoms with Gasteiger partial charge in [0.1, 0.15) is 5.01 Å². The summed E-state index contributed by atoms with van der Waals surface area (Å²) in [4.78, 5) is 14.3. The number of aryl methyl sites for hydroxylation is 1. The minimum atomic E-state index is -0.433. The van der Waals surface area contributed by atoms with E-state index in [0.717, 1.165) is 11.4 Å². The monoisotopic (exact) mass is 262 g/mol. The van der Waals surface area contributed by atoms with Crippen molar-refractivity contribution in [2.75, 3.05) is 0 Å². The Morgan fingerprint density at radius 2 is 2.33 bits per heavy atom. The summed E-state index contributed by atoms with van der Waals surface area (Å²) in [6.45, 7) is 1.99. The number of hydrogen-bond acceptors (Lipinski definition) is 6. The molecule has 0 saturated heterocycles. The van der Waals surface area contributed by atoms with Crippen LogP contribution in [-0.4, -0.2) is 21.3 Å². The first-order valence-electron chi connectivity index (χ1n) is 5.30. The van der Waals surface area contributed by atoms with Gasteiger partial charge in [-0.05, 0) is 12.0 Å². The molecule has 2 rings (SSSR count). The van der Waals surface area contributed by atoms with Gasteiger partial charge in [-0.2, -0.15) is 0 Å². The second kappa shape index (κ2) is 5.46. The Labute approximate surface area is 107 Å². The van der Waals surface area contributed by atoms with E-state index in [9.17, 15) is 10.1 Å². The lowest BCUT2D eigenvalue weighted by atomic mass is 10.2. The molecule has 0 unspecified atom stereocenters. The summed E-state index contributed by atoms with van der Waals surface area (Å²) in [6, 6.07) is 6.28. The van der Waals surface area contributed by atoms with Crippen LogP contribution in [0.3, 0.4) is 0 Å². The predicted molar refractivity (Wildman–Crippen MR) is 69.6 cm³/mol. The molecular formula is C11H10N4O2S. The number of nitrogens with zero attached hydrogens (tertiary/aromatic N) is 4. The van der Waals surface area contributed by atoms with E-state index < -0.39 is 4.92 Å². The van der Waals surface area contributed by atoms with Gasteiger partial charge < -0.3 is 0 Å². The molecule has 1 aromatic carbocycles. The Bertz CT molecular complexity index is 594. The van der Waals surface area contributed by atoms with E-state index in [0.29, 0.717) is 10.7 Å². The van der Waals surface area contributed by atoms with E-state index in [2.05, 4.69) is 15.2 Å². The van der Waals surface area contributed by atoms with Crippen molar-refractivity contribution in [3.05, 3.63) is 45.0 Å². The van der Waals surface area contributed by atoms with Crippen molar-refractivity contribution < 1.29 is 4.92 Å². The van der Waals surface area contributed by atoms with Gasteiger partial charge in [0.15, 0.2) is 0 Å². The maximum Gasteiger partial charge on any atom is 0.270 e. The smallest absolute Gasteiger partial charge is 0.258 e. The minimum absolute atomic E-state index is 0.0467. The highest BCUT2D eigenvalue weighted by atomic mass is 32.1. The van der Waals surface area contributed by atoms with Crippen LogP contribution in [0, 0.1) is 10.1 Å². The highest BCUT2D eigenvalue weighted by Gasteiger charge is 2.04. The number of aliphatic imine (C=N–C) groups is 1. The van der Waals surface area contributed by atoms with Gasteiger partial charge >= 0.3 is 0 Å². The molecule has 18 heavy (non-hydrogen) atoms. The topological polar surface area (TPSA) is 81.3 Å².